The van der Waals surface area contributed by atoms with Gasteiger partial charge < -0.3 is 10.2 Å². The minimum absolute atomic E-state index is 0.0127. The molecule has 4 nitrogen and oxygen atoms in total. The fraction of sp³-hybridized carbons (Fsp3) is 0.304. The van der Waals surface area contributed by atoms with E-state index in [9.17, 15) is 9.59 Å². The zero-order valence-corrected chi connectivity index (χ0v) is 15.7. The Bertz CT molecular complexity index is 789. The average Bonchev–Trinajstić information content (AvgIpc) is 2.72. The van der Waals surface area contributed by atoms with Crippen LogP contribution in [0.2, 0.25) is 0 Å². The van der Waals surface area contributed by atoms with Crippen LogP contribution in [0.5, 0.6) is 0 Å². The van der Waals surface area contributed by atoms with E-state index in [1.807, 2.05) is 72.5 Å². The van der Waals surface area contributed by atoms with Gasteiger partial charge in [0.2, 0.25) is 11.8 Å². The number of benzene rings is 2. The van der Waals surface area contributed by atoms with Crippen LogP contribution in [0.25, 0.3) is 6.08 Å². The van der Waals surface area contributed by atoms with Gasteiger partial charge in [-0.2, -0.15) is 0 Å². The molecule has 1 heterocycles. The highest BCUT2D eigenvalue weighted by Gasteiger charge is 2.26. The number of hydrogen-bond donors (Lipinski definition) is 1. The summed E-state index contributed by atoms with van der Waals surface area (Å²) < 4.78 is 0. The molecule has 0 spiro atoms. The van der Waals surface area contributed by atoms with Gasteiger partial charge in [0.05, 0.1) is 0 Å². The van der Waals surface area contributed by atoms with Crippen molar-refractivity contribution in [3.05, 3.63) is 77.4 Å². The van der Waals surface area contributed by atoms with Gasteiger partial charge in [-0.3, -0.25) is 9.59 Å². The number of aryl methyl sites for hydroxylation is 1. The summed E-state index contributed by atoms with van der Waals surface area (Å²) in [5.41, 5.74) is 3.31. The first-order valence-corrected chi connectivity index (χ1v) is 9.47. The zero-order chi connectivity index (χ0) is 19.1. The number of likely N-dealkylation sites (tertiary alicyclic amines) is 1. The number of carbonyl (C=O) groups is 2. The molecule has 4 heteroatoms. The van der Waals surface area contributed by atoms with Gasteiger partial charge in [-0.1, -0.05) is 60.2 Å². The van der Waals surface area contributed by atoms with E-state index in [4.69, 9.17) is 0 Å². The Labute approximate surface area is 160 Å². The number of amides is 2. The highest BCUT2D eigenvalue weighted by atomic mass is 16.2. The lowest BCUT2D eigenvalue weighted by Gasteiger charge is -2.30. The van der Waals surface area contributed by atoms with E-state index >= 15 is 0 Å². The molecule has 0 aromatic heterocycles. The van der Waals surface area contributed by atoms with Crippen molar-refractivity contribution in [1.82, 2.24) is 10.2 Å². The molecule has 140 valence electrons. The van der Waals surface area contributed by atoms with Gasteiger partial charge in [0.15, 0.2) is 0 Å². The summed E-state index contributed by atoms with van der Waals surface area (Å²) in [6.07, 6.45) is 4.90. The zero-order valence-electron chi connectivity index (χ0n) is 15.7. The fourth-order valence-electron chi connectivity index (χ4n) is 3.24. The van der Waals surface area contributed by atoms with Gasteiger partial charge in [0.1, 0.15) is 0 Å². The molecule has 0 bridgehead atoms. The minimum Gasteiger partial charge on any atom is -0.352 e. The summed E-state index contributed by atoms with van der Waals surface area (Å²) in [7, 11) is 0. The third-order valence-electron chi connectivity index (χ3n) is 4.98. The summed E-state index contributed by atoms with van der Waals surface area (Å²) in [5.74, 6) is 0.0821. The number of carbonyl (C=O) groups excluding carboxylic acids is 2. The van der Waals surface area contributed by atoms with Gasteiger partial charge in [-0.05, 0) is 37.0 Å². The first-order valence-electron chi connectivity index (χ1n) is 9.47. The molecular formula is C23H26N2O2. The van der Waals surface area contributed by atoms with E-state index in [1.54, 1.807) is 6.08 Å². The molecule has 1 fully saturated rings. The highest BCUT2D eigenvalue weighted by molar-refractivity contribution is 5.92. The molecule has 0 radical (unpaired) electrons. The summed E-state index contributed by atoms with van der Waals surface area (Å²) in [4.78, 5) is 26.5. The van der Waals surface area contributed by atoms with Gasteiger partial charge in [-0.25, -0.2) is 0 Å². The number of piperidine rings is 1. The van der Waals surface area contributed by atoms with Crippen molar-refractivity contribution >= 4 is 17.9 Å². The smallest absolute Gasteiger partial charge is 0.246 e. The third kappa shape index (κ3) is 5.55. The number of hydrogen-bond acceptors (Lipinski definition) is 2. The van der Waals surface area contributed by atoms with E-state index in [0.717, 1.165) is 11.1 Å². The molecule has 3 rings (SSSR count). The summed E-state index contributed by atoms with van der Waals surface area (Å²) in [6.45, 7) is 3.85. The summed E-state index contributed by atoms with van der Waals surface area (Å²) >= 11 is 0. The van der Waals surface area contributed by atoms with Crippen LogP contribution in [-0.4, -0.2) is 29.8 Å². The Hall–Kier alpha value is -2.88. The Morgan fingerprint density at radius 3 is 2.37 bits per heavy atom. The SMILES string of the molecule is Cc1ccc(C=CC(=O)N2CCC(C(=O)NCc3ccccc3)CC2)cc1. The maximum absolute atomic E-state index is 12.4. The number of nitrogens with one attached hydrogen (secondary N) is 1. The lowest BCUT2D eigenvalue weighted by atomic mass is 9.95. The van der Waals surface area contributed by atoms with Crippen LogP contribution in [-0.2, 0) is 16.1 Å². The molecule has 0 saturated carbocycles. The van der Waals surface area contributed by atoms with E-state index in [1.165, 1.54) is 5.56 Å². The third-order valence-corrected chi connectivity index (χ3v) is 4.98. The quantitative estimate of drug-likeness (QED) is 0.827. The van der Waals surface area contributed by atoms with Gasteiger partial charge in [0, 0.05) is 31.6 Å². The molecule has 1 N–H and O–H groups in total. The average molecular weight is 362 g/mol. The van der Waals surface area contributed by atoms with E-state index < -0.39 is 0 Å². The van der Waals surface area contributed by atoms with Crippen molar-refractivity contribution < 1.29 is 9.59 Å². The second-order valence-corrected chi connectivity index (χ2v) is 7.05. The summed E-state index contributed by atoms with van der Waals surface area (Å²) in [5, 5.41) is 3.01. The molecule has 2 aromatic carbocycles. The van der Waals surface area contributed by atoms with Crippen LogP contribution in [0, 0.1) is 12.8 Å². The first-order chi connectivity index (χ1) is 13.1. The molecular weight excluding hydrogens is 336 g/mol. The van der Waals surface area contributed by atoms with Crippen molar-refractivity contribution in [3.8, 4) is 0 Å². The summed E-state index contributed by atoms with van der Waals surface area (Å²) in [6, 6.07) is 18.0. The molecule has 0 unspecified atom stereocenters. The van der Waals surface area contributed by atoms with Crippen LogP contribution in [0.1, 0.15) is 29.5 Å². The maximum atomic E-state index is 12.4. The lowest BCUT2D eigenvalue weighted by molar-refractivity contribution is -0.132. The Morgan fingerprint density at radius 1 is 1.04 bits per heavy atom. The van der Waals surface area contributed by atoms with Crippen LogP contribution in [0.4, 0.5) is 0 Å². The lowest BCUT2D eigenvalue weighted by Crippen LogP contribution is -2.42. The fourth-order valence-corrected chi connectivity index (χ4v) is 3.24. The second kappa shape index (κ2) is 9.17. The largest absolute Gasteiger partial charge is 0.352 e. The van der Waals surface area contributed by atoms with Crippen LogP contribution >= 0.6 is 0 Å². The molecule has 2 aromatic rings. The normalized spacial score (nSPS) is 15.1. The predicted molar refractivity (Wildman–Crippen MR) is 108 cm³/mol. The molecule has 1 saturated heterocycles. The van der Waals surface area contributed by atoms with E-state index in [-0.39, 0.29) is 17.7 Å². The molecule has 1 aliphatic rings. The number of nitrogens with zero attached hydrogens (tertiary/aromatic N) is 1. The Morgan fingerprint density at radius 2 is 1.70 bits per heavy atom. The van der Waals surface area contributed by atoms with Crippen molar-refractivity contribution in [2.45, 2.75) is 26.3 Å². The van der Waals surface area contributed by atoms with Crippen LogP contribution < -0.4 is 5.32 Å². The Balaban J connectivity index is 1.44. The molecule has 27 heavy (non-hydrogen) atoms. The molecule has 0 atom stereocenters. The van der Waals surface area contributed by atoms with E-state index in [2.05, 4.69) is 5.32 Å². The number of rotatable bonds is 5. The second-order valence-electron chi connectivity index (χ2n) is 7.05. The van der Waals surface area contributed by atoms with E-state index in [0.29, 0.717) is 32.5 Å². The van der Waals surface area contributed by atoms with Crippen LogP contribution in [0.15, 0.2) is 60.7 Å². The highest BCUT2D eigenvalue weighted by Crippen LogP contribution is 2.18. The van der Waals surface area contributed by atoms with Gasteiger partial charge in [0.25, 0.3) is 0 Å². The molecule has 1 aliphatic heterocycles. The minimum atomic E-state index is -0.0150. The monoisotopic (exact) mass is 362 g/mol. The topological polar surface area (TPSA) is 49.4 Å². The van der Waals surface area contributed by atoms with Gasteiger partial charge in [-0.15, -0.1) is 0 Å². The van der Waals surface area contributed by atoms with Crippen molar-refractivity contribution in [3.63, 3.8) is 0 Å². The maximum Gasteiger partial charge on any atom is 0.246 e. The van der Waals surface area contributed by atoms with Crippen molar-refractivity contribution in [1.29, 1.82) is 0 Å². The Kier molecular flexibility index (Phi) is 6.42. The standard InChI is InChI=1S/C23H26N2O2/c1-18-7-9-19(10-8-18)11-12-22(26)25-15-13-21(14-16-25)23(27)24-17-20-5-3-2-4-6-20/h2-12,21H,13-17H2,1H3,(H,24,27). The molecule has 2 amide bonds. The molecule has 0 aliphatic carbocycles. The van der Waals surface area contributed by atoms with Crippen molar-refractivity contribution in [2.24, 2.45) is 5.92 Å². The van der Waals surface area contributed by atoms with Crippen molar-refractivity contribution in [2.75, 3.05) is 13.1 Å². The predicted octanol–water partition coefficient (Wildman–Crippen LogP) is 3.56. The van der Waals surface area contributed by atoms with Gasteiger partial charge >= 0.3 is 0 Å². The van der Waals surface area contributed by atoms with Crippen LogP contribution in [0.3, 0.4) is 0 Å². The first kappa shape index (κ1) is 18.9.